The van der Waals surface area contributed by atoms with Crippen LogP contribution in [-0.2, 0) is 42.8 Å². The third kappa shape index (κ3) is 8.79. The number of hydrogen-bond donors (Lipinski definition) is 2. The number of benzene rings is 1. The smallest absolute Gasteiger partial charge is 0.319 e. The van der Waals surface area contributed by atoms with Gasteiger partial charge in [0.1, 0.15) is 27.9 Å². The minimum absolute atomic E-state index is 0.255. The molecular weight excluding hydrogens is 478 g/mol. The number of thiazole rings is 1. The standard InChI is InChI=1S/C23H33N3O6S2/c1-7-16-13-33-21(24-16)18(12-15-8-10-17(11-9-15)26-32-34(29)30)25-20(27)19(14(2)3)22(28)31-23(4,5)6/h8-11,13-14,18-19,26H,7,12H2,1-6H3,(H,25,27)(H,29,30)/p-1/t18-,19-/m0/s1. The van der Waals surface area contributed by atoms with Crippen LogP contribution in [-0.4, -0.2) is 31.2 Å². The van der Waals surface area contributed by atoms with E-state index in [1.807, 2.05) is 26.2 Å². The van der Waals surface area contributed by atoms with Crippen LogP contribution in [0.5, 0.6) is 0 Å². The molecule has 0 saturated heterocycles. The number of amides is 1. The Bertz CT molecular complexity index is 985. The summed E-state index contributed by atoms with van der Waals surface area (Å²) in [4.78, 5) is 30.6. The molecule has 0 aliphatic carbocycles. The first-order chi connectivity index (χ1) is 15.9. The molecule has 2 rings (SSSR count). The highest BCUT2D eigenvalue weighted by molar-refractivity contribution is 7.74. The summed E-state index contributed by atoms with van der Waals surface area (Å²) in [5, 5.41) is 5.70. The number of nitrogens with one attached hydrogen (secondary N) is 2. The zero-order chi connectivity index (χ0) is 25.5. The van der Waals surface area contributed by atoms with Gasteiger partial charge in [-0.05, 0) is 57.2 Å². The van der Waals surface area contributed by atoms with E-state index in [1.165, 1.54) is 11.3 Å². The predicted octanol–water partition coefficient (Wildman–Crippen LogP) is 3.86. The van der Waals surface area contributed by atoms with E-state index in [-0.39, 0.29) is 5.92 Å². The molecule has 1 unspecified atom stereocenters. The first-order valence-electron chi connectivity index (χ1n) is 11.0. The second kappa shape index (κ2) is 12.4. The summed E-state index contributed by atoms with van der Waals surface area (Å²) in [5.41, 5.74) is 3.88. The summed E-state index contributed by atoms with van der Waals surface area (Å²) in [7, 11) is 0. The number of esters is 1. The van der Waals surface area contributed by atoms with Crippen molar-refractivity contribution < 1.29 is 27.4 Å². The van der Waals surface area contributed by atoms with Gasteiger partial charge in [-0.2, -0.15) is 4.28 Å². The molecule has 3 atom stereocenters. The third-order valence-electron chi connectivity index (χ3n) is 4.78. The maximum absolute atomic E-state index is 13.2. The monoisotopic (exact) mass is 510 g/mol. The number of carbonyl (C=O) groups excluding carboxylic acids is 2. The van der Waals surface area contributed by atoms with Crippen LogP contribution >= 0.6 is 11.3 Å². The molecule has 0 spiro atoms. The van der Waals surface area contributed by atoms with Crippen LogP contribution in [0.15, 0.2) is 29.6 Å². The first-order valence-corrected chi connectivity index (χ1v) is 12.9. The molecule has 0 aliphatic heterocycles. The fourth-order valence-corrected chi connectivity index (χ4v) is 4.30. The van der Waals surface area contributed by atoms with Gasteiger partial charge in [-0.25, -0.2) is 9.19 Å². The quantitative estimate of drug-likeness (QED) is 0.202. The average molecular weight is 511 g/mol. The number of anilines is 1. The van der Waals surface area contributed by atoms with E-state index in [2.05, 4.69) is 20.1 Å². The summed E-state index contributed by atoms with van der Waals surface area (Å²) in [6.45, 7) is 10.9. The summed E-state index contributed by atoms with van der Waals surface area (Å²) < 4.78 is 30.9. The highest BCUT2D eigenvalue weighted by Gasteiger charge is 2.35. The van der Waals surface area contributed by atoms with Crippen molar-refractivity contribution in [2.45, 2.75) is 66.0 Å². The van der Waals surface area contributed by atoms with E-state index >= 15 is 0 Å². The fourth-order valence-electron chi connectivity index (χ4n) is 3.18. The van der Waals surface area contributed by atoms with Gasteiger partial charge < -0.3 is 14.6 Å². The molecule has 0 saturated carbocycles. The van der Waals surface area contributed by atoms with Crippen molar-refractivity contribution in [3.05, 3.63) is 45.9 Å². The van der Waals surface area contributed by atoms with Crippen molar-refractivity contribution in [3.63, 3.8) is 0 Å². The molecule has 0 bridgehead atoms. The number of nitrogens with zero attached hydrogens (tertiary/aromatic N) is 1. The van der Waals surface area contributed by atoms with E-state index in [4.69, 9.17) is 4.74 Å². The minimum Gasteiger partial charge on any atom is -0.748 e. The van der Waals surface area contributed by atoms with Crippen molar-refractivity contribution in [2.75, 3.05) is 5.48 Å². The summed E-state index contributed by atoms with van der Waals surface area (Å²) >= 11 is -1.23. The number of aromatic nitrogens is 1. The van der Waals surface area contributed by atoms with E-state index in [9.17, 15) is 18.4 Å². The summed E-state index contributed by atoms with van der Waals surface area (Å²) in [6.07, 6.45) is 1.20. The average Bonchev–Trinajstić information content (AvgIpc) is 3.20. The molecule has 9 nitrogen and oxygen atoms in total. The van der Waals surface area contributed by atoms with Crippen LogP contribution in [0, 0.1) is 11.8 Å². The van der Waals surface area contributed by atoms with Gasteiger partial charge in [0.05, 0.1) is 17.4 Å². The Morgan fingerprint density at radius 1 is 1.21 bits per heavy atom. The zero-order valence-corrected chi connectivity index (χ0v) is 21.9. The third-order valence-corrected chi connectivity index (χ3v) is 6.00. The van der Waals surface area contributed by atoms with Gasteiger partial charge in [-0.3, -0.25) is 15.1 Å². The lowest BCUT2D eigenvalue weighted by Gasteiger charge is -2.27. The SMILES string of the molecule is CCc1csc([C@H](Cc2ccc(NOS(=O)[O-])cc2)NC(=O)[C@@H](C(=O)OC(C)(C)C)C(C)C)n1. The second-order valence-electron chi connectivity index (χ2n) is 9.14. The predicted molar refractivity (Wildman–Crippen MR) is 130 cm³/mol. The molecule has 0 aliphatic rings. The highest BCUT2D eigenvalue weighted by atomic mass is 32.2. The van der Waals surface area contributed by atoms with Crippen molar-refractivity contribution in [1.29, 1.82) is 0 Å². The Kier molecular flexibility index (Phi) is 10.2. The Hall–Kier alpha value is -2.34. The van der Waals surface area contributed by atoms with Gasteiger partial charge >= 0.3 is 5.97 Å². The molecule has 34 heavy (non-hydrogen) atoms. The molecule has 1 heterocycles. The molecule has 2 N–H and O–H groups in total. The molecule has 1 amide bonds. The summed E-state index contributed by atoms with van der Waals surface area (Å²) in [6, 6.07) is 6.46. The van der Waals surface area contributed by atoms with Crippen LogP contribution in [0.25, 0.3) is 0 Å². The van der Waals surface area contributed by atoms with Crippen molar-refractivity contribution in [2.24, 2.45) is 11.8 Å². The zero-order valence-electron chi connectivity index (χ0n) is 20.2. The number of carbonyl (C=O) groups is 2. The lowest BCUT2D eigenvalue weighted by Crippen LogP contribution is -2.43. The van der Waals surface area contributed by atoms with E-state index in [0.717, 1.165) is 22.7 Å². The second-order valence-corrected chi connectivity index (χ2v) is 10.6. The Balaban J connectivity index is 2.24. The number of ether oxygens (including phenoxy) is 1. The number of hydrogen-bond acceptors (Lipinski definition) is 9. The molecule has 0 fully saturated rings. The van der Waals surface area contributed by atoms with E-state index < -0.39 is 40.8 Å². The minimum atomic E-state index is -2.68. The lowest BCUT2D eigenvalue weighted by molar-refractivity contribution is -0.164. The molecule has 2 aromatic rings. The topological polar surface area (TPSA) is 130 Å². The van der Waals surface area contributed by atoms with Gasteiger partial charge in [0.25, 0.3) is 0 Å². The van der Waals surface area contributed by atoms with Crippen molar-refractivity contribution in [3.8, 4) is 0 Å². The Labute approximate surface area is 207 Å². The van der Waals surface area contributed by atoms with Gasteiger partial charge in [0.2, 0.25) is 5.91 Å². The molecule has 1 aromatic carbocycles. The van der Waals surface area contributed by atoms with Crippen LogP contribution in [0.3, 0.4) is 0 Å². The first kappa shape index (κ1) is 27.9. The Morgan fingerprint density at radius 3 is 2.35 bits per heavy atom. The number of rotatable bonds is 11. The van der Waals surface area contributed by atoms with E-state index in [0.29, 0.717) is 12.1 Å². The fraction of sp³-hybridized carbons (Fsp3) is 0.522. The number of aryl methyl sites for hydroxylation is 1. The maximum Gasteiger partial charge on any atom is 0.319 e. The molecule has 11 heteroatoms. The Morgan fingerprint density at radius 2 is 1.85 bits per heavy atom. The van der Waals surface area contributed by atoms with Gasteiger partial charge in [-0.15, -0.1) is 11.3 Å². The lowest BCUT2D eigenvalue weighted by atomic mass is 9.94. The molecule has 1 aromatic heterocycles. The highest BCUT2D eigenvalue weighted by Crippen LogP contribution is 2.26. The maximum atomic E-state index is 13.2. The van der Waals surface area contributed by atoms with Gasteiger partial charge in [-0.1, -0.05) is 32.9 Å². The van der Waals surface area contributed by atoms with Crippen molar-refractivity contribution in [1.82, 2.24) is 10.3 Å². The van der Waals surface area contributed by atoms with Crippen LogP contribution in [0.4, 0.5) is 5.69 Å². The van der Waals surface area contributed by atoms with Crippen molar-refractivity contribution >= 4 is 40.3 Å². The normalized spacial score (nSPS) is 14.4. The summed E-state index contributed by atoms with van der Waals surface area (Å²) in [5.74, 6) is -2.18. The molecular formula is C23H32N3O6S2-. The van der Waals surface area contributed by atoms with Gasteiger partial charge in [0, 0.05) is 5.38 Å². The van der Waals surface area contributed by atoms with E-state index in [1.54, 1.807) is 45.0 Å². The largest absolute Gasteiger partial charge is 0.748 e. The van der Waals surface area contributed by atoms with Crippen LogP contribution in [0.1, 0.15) is 63.8 Å². The van der Waals surface area contributed by atoms with Crippen LogP contribution < -0.4 is 10.8 Å². The molecule has 0 radical (unpaired) electrons. The van der Waals surface area contributed by atoms with Gasteiger partial charge in [0.15, 0.2) is 0 Å². The van der Waals surface area contributed by atoms with Crippen LogP contribution in [0.2, 0.25) is 0 Å². The molecule has 188 valence electrons.